The Hall–Kier alpha value is -1.56. The van der Waals surface area contributed by atoms with E-state index in [4.69, 9.17) is 11.0 Å². The van der Waals surface area contributed by atoms with Crippen molar-refractivity contribution in [1.29, 1.82) is 5.26 Å². The highest BCUT2D eigenvalue weighted by Crippen LogP contribution is 2.46. The first-order chi connectivity index (χ1) is 5.81. The molecule has 0 aliphatic heterocycles. The van der Waals surface area contributed by atoms with Crippen molar-refractivity contribution in [3.05, 3.63) is 24.0 Å². The molecule has 12 heavy (non-hydrogen) atoms. The predicted molar refractivity (Wildman–Crippen MR) is 45.1 cm³/mol. The fourth-order valence-corrected chi connectivity index (χ4v) is 1.33. The zero-order valence-corrected chi connectivity index (χ0v) is 6.57. The molecule has 0 spiro atoms. The number of nitriles is 1. The number of rotatable bonds is 1. The first-order valence-electron chi connectivity index (χ1n) is 3.92. The molecule has 3 heteroatoms. The third kappa shape index (κ3) is 1.12. The van der Waals surface area contributed by atoms with Gasteiger partial charge in [-0.15, -0.1) is 0 Å². The lowest BCUT2D eigenvalue weighted by molar-refractivity contribution is 0.963. The minimum Gasteiger partial charge on any atom is -0.399 e. The molecule has 0 saturated heterocycles. The number of aromatic nitrogens is 1. The van der Waals surface area contributed by atoms with E-state index >= 15 is 0 Å². The zero-order valence-electron chi connectivity index (χ0n) is 6.57. The highest BCUT2D eigenvalue weighted by Gasteiger charge is 2.39. The van der Waals surface area contributed by atoms with Crippen molar-refractivity contribution in [3.63, 3.8) is 0 Å². The van der Waals surface area contributed by atoms with Gasteiger partial charge in [0, 0.05) is 23.5 Å². The Morgan fingerprint density at radius 1 is 1.67 bits per heavy atom. The second-order valence-electron chi connectivity index (χ2n) is 3.09. The molecule has 60 valence electrons. The summed E-state index contributed by atoms with van der Waals surface area (Å²) in [7, 11) is 0. The van der Waals surface area contributed by atoms with Gasteiger partial charge in [0.25, 0.3) is 0 Å². The maximum absolute atomic E-state index is 8.60. The number of anilines is 1. The molecule has 2 rings (SSSR count). The molecule has 2 unspecified atom stereocenters. The first-order valence-corrected chi connectivity index (χ1v) is 3.92. The van der Waals surface area contributed by atoms with E-state index in [1.54, 1.807) is 12.3 Å². The summed E-state index contributed by atoms with van der Waals surface area (Å²) in [5, 5.41) is 8.60. The maximum Gasteiger partial charge on any atom is 0.0663 e. The van der Waals surface area contributed by atoms with Crippen LogP contribution < -0.4 is 5.73 Å². The SMILES string of the molecule is N#CC1CC1c1cc(N)ccn1. The molecule has 1 saturated carbocycles. The second-order valence-corrected chi connectivity index (χ2v) is 3.09. The van der Waals surface area contributed by atoms with E-state index in [2.05, 4.69) is 11.1 Å². The molecule has 0 amide bonds. The van der Waals surface area contributed by atoms with Gasteiger partial charge in [0.1, 0.15) is 0 Å². The highest BCUT2D eigenvalue weighted by atomic mass is 14.7. The Bertz CT molecular complexity index is 340. The number of nitrogens with two attached hydrogens (primary N) is 1. The molecule has 1 heterocycles. The van der Waals surface area contributed by atoms with Gasteiger partial charge in [-0.25, -0.2) is 0 Å². The predicted octanol–water partition coefficient (Wildman–Crippen LogP) is 1.29. The summed E-state index contributed by atoms with van der Waals surface area (Å²) in [6.45, 7) is 0. The van der Waals surface area contributed by atoms with E-state index in [-0.39, 0.29) is 5.92 Å². The average molecular weight is 159 g/mol. The lowest BCUT2D eigenvalue weighted by atomic mass is 10.2. The Labute approximate surface area is 70.8 Å². The van der Waals surface area contributed by atoms with Crippen LogP contribution in [0.15, 0.2) is 18.3 Å². The molecule has 0 bridgehead atoms. The van der Waals surface area contributed by atoms with Crippen LogP contribution in [0.3, 0.4) is 0 Å². The van der Waals surface area contributed by atoms with Gasteiger partial charge in [0.2, 0.25) is 0 Å². The van der Waals surface area contributed by atoms with Gasteiger partial charge < -0.3 is 5.73 Å². The van der Waals surface area contributed by atoms with Gasteiger partial charge in [0.15, 0.2) is 0 Å². The Balaban J connectivity index is 2.21. The summed E-state index contributed by atoms with van der Waals surface area (Å²) in [5.74, 6) is 0.498. The van der Waals surface area contributed by atoms with Crippen LogP contribution in [-0.4, -0.2) is 4.98 Å². The Kier molecular flexibility index (Phi) is 1.47. The van der Waals surface area contributed by atoms with Crippen LogP contribution in [0.5, 0.6) is 0 Å². The van der Waals surface area contributed by atoms with Gasteiger partial charge >= 0.3 is 0 Å². The van der Waals surface area contributed by atoms with Gasteiger partial charge in [-0.1, -0.05) is 0 Å². The summed E-state index contributed by atoms with van der Waals surface area (Å²) >= 11 is 0. The zero-order chi connectivity index (χ0) is 8.55. The molecule has 1 fully saturated rings. The monoisotopic (exact) mass is 159 g/mol. The van der Waals surface area contributed by atoms with Crippen LogP contribution in [-0.2, 0) is 0 Å². The van der Waals surface area contributed by atoms with Crippen LogP contribution in [0.25, 0.3) is 0 Å². The largest absolute Gasteiger partial charge is 0.399 e. The fraction of sp³-hybridized carbons (Fsp3) is 0.333. The van der Waals surface area contributed by atoms with Crippen molar-refractivity contribution < 1.29 is 0 Å². The van der Waals surface area contributed by atoms with E-state index in [0.29, 0.717) is 5.92 Å². The number of hydrogen-bond acceptors (Lipinski definition) is 3. The van der Waals surface area contributed by atoms with E-state index in [9.17, 15) is 0 Å². The number of pyridine rings is 1. The summed E-state index contributed by atoms with van der Waals surface area (Å²) in [6, 6.07) is 5.83. The van der Waals surface area contributed by atoms with Crippen molar-refractivity contribution in [2.24, 2.45) is 5.92 Å². The van der Waals surface area contributed by atoms with Crippen LogP contribution >= 0.6 is 0 Å². The normalized spacial score (nSPS) is 26.2. The van der Waals surface area contributed by atoms with Gasteiger partial charge in [-0.2, -0.15) is 5.26 Å². The van der Waals surface area contributed by atoms with Crippen molar-refractivity contribution in [3.8, 4) is 6.07 Å². The molecule has 1 aromatic heterocycles. The summed E-state index contributed by atoms with van der Waals surface area (Å²) in [4.78, 5) is 4.17. The van der Waals surface area contributed by atoms with Crippen LogP contribution in [0.1, 0.15) is 18.0 Å². The minimum absolute atomic E-state index is 0.166. The second kappa shape index (κ2) is 2.49. The average Bonchev–Trinajstić information content (AvgIpc) is 2.83. The third-order valence-corrected chi connectivity index (χ3v) is 2.14. The van der Waals surface area contributed by atoms with Crippen LogP contribution in [0.2, 0.25) is 0 Å². The van der Waals surface area contributed by atoms with Gasteiger partial charge in [-0.3, -0.25) is 4.98 Å². The quantitative estimate of drug-likeness (QED) is 0.671. The van der Waals surface area contributed by atoms with Crippen molar-refractivity contribution >= 4 is 5.69 Å². The third-order valence-electron chi connectivity index (χ3n) is 2.14. The molecule has 0 aromatic carbocycles. The molecule has 1 aromatic rings. The van der Waals surface area contributed by atoms with Crippen LogP contribution in [0.4, 0.5) is 5.69 Å². The summed E-state index contributed by atoms with van der Waals surface area (Å²) in [6.07, 6.45) is 2.63. The van der Waals surface area contributed by atoms with Crippen molar-refractivity contribution in [1.82, 2.24) is 4.98 Å². The molecule has 2 atom stereocenters. The summed E-state index contributed by atoms with van der Waals surface area (Å²) < 4.78 is 0. The minimum atomic E-state index is 0.166. The Morgan fingerprint density at radius 3 is 3.08 bits per heavy atom. The lowest BCUT2D eigenvalue weighted by Crippen LogP contribution is -1.91. The number of nitrogens with zero attached hydrogens (tertiary/aromatic N) is 2. The van der Waals surface area contributed by atoms with Gasteiger partial charge in [-0.05, 0) is 18.6 Å². The van der Waals surface area contributed by atoms with E-state index in [0.717, 1.165) is 17.8 Å². The fourth-order valence-electron chi connectivity index (χ4n) is 1.33. The molecule has 1 aliphatic rings. The van der Waals surface area contributed by atoms with Crippen LogP contribution in [0, 0.1) is 17.2 Å². The molecule has 2 N–H and O–H groups in total. The lowest BCUT2D eigenvalue weighted by Gasteiger charge is -1.97. The van der Waals surface area contributed by atoms with Gasteiger partial charge in [0.05, 0.1) is 12.0 Å². The molecular weight excluding hydrogens is 150 g/mol. The number of nitrogen functional groups attached to an aromatic ring is 1. The molecule has 1 aliphatic carbocycles. The highest BCUT2D eigenvalue weighted by molar-refractivity contribution is 5.40. The Morgan fingerprint density at radius 2 is 2.50 bits per heavy atom. The molecule has 0 radical (unpaired) electrons. The topological polar surface area (TPSA) is 62.7 Å². The number of hydrogen-bond donors (Lipinski definition) is 1. The van der Waals surface area contributed by atoms with E-state index < -0.39 is 0 Å². The van der Waals surface area contributed by atoms with Crippen molar-refractivity contribution in [2.45, 2.75) is 12.3 Å². The molecule has 3 nitrogen and oxygen atoms in total. The van der Waals surface area contributed by atoms with E-state index in [1.807, 2.05) is 6.07 Å². The van der Waals surface area contributed by atoms with E-state index in [1.165, 1.54) is 0 Å². The first kappa shape index (κ1) is 7.11. The smallest absolute Gasteiger partial charge is 0.0663 e. The molecular formula is C9H9N3. The van der Waals surface area contributed by atoms with Crippen molar-refractivity contribution in [2.75, 3.05) is 5.73 Å². The standard InChI is InChI=1S/C9H9N3/c10-5-6-3-8(6)9-4-7(11)1-2-12-9/h1-2,4,6,8H,3H2,(H2,11,12). The maximum atomic E-state index is 8.60. The summed E-state index contributed by atoms with van der Waals surface area (Å²) in [5.41, 5.74) is 7.27.